The molecule has 2 aromatic rings. The number of nitrogens with one attached hydrogen (secondary N) is 1. The van der Waals surface area contributed by atoms with Gasteiger partial charge in [0.05, 0.1) is 6.61 Å². The molecule has 0 bridgehead atoms. The molecule has 1 aliphatic rings. The maximum atomic E-state index is 12.7. The van der Waals surface area contributed by atoms with E-state index in [0.29, 0.717) is 32.5 Å². The quantitative estimate of drug-likeness (QED) is 0.783. The maximum Gasteiger partial charge on any atom is 0.253 e. The van der Waals surface area contributed by atoms with Crippen LogP contribution in [0.4, 0.5) is 0 Å². The molecule has 1 saturated heterocycles. The Hall–Kier alpha value is -1.90. The lowest BCUT2D eigenvalue weighted by Crippen LogP contribution is -2.45. The van der Waals surface area contributed by atoms with Gasteiger partial charge in [0.1, 0.15) is 16.0 Å². The van der Waals surface area contributed by atoms with Gasteiger partial charge in [0.25, 0.3) is 10.0 Å². The topological polar surface area (TPSA) is 75.7 Å². The van der Waals surface area contributed by atoms with Crippen LogP contribution in [0.2, 0.25) is 0 Å². The fourth-order valence-electron chi connectivity index (χ4n) is 3.03. The molecule has 140 valence electrons. The molecule has 2 heterocycles. The van der Waals surface area contributed by atoms with Crippen LogP contribution in [0.3, 0.4) is 0 Å². The van der Waals surface area contributed by atoms with Crippen molar-refractivity contribution >= 4 is 27.3 Å². The second kappa shape index (κ2) is 8.20. The number of thiophene rings is 1. The van der Waals surface area contributed by atoms with Crippen LogP contribution in [-0.4, -0.2) is 37.8 Å². The SMILES string of the molecule is CCOc1cccc(CNC(=O)[C@@H]2CCCN2S(=O)(=O)c2cccs2)c1. The predicted octanol–water partition coefficient (Wildman–Crippen LogP) is 2.62. The summed E-state index contributed by atoms with van der Waals surface area (Å²) in [5.41, 5.74) is 0.912. The molecular weight excluding hydrogens is 372 g/mol. The van der Waals surface area contributed by atoms with E-state index in [1.165, 1.54) is 15.6 Å². The number of sulfonamides is 1. The van der Waals surface area contributed by atoms with E-state index < -0.39 is 16.1 Å². The summed E-state index contributed by atoms with van der Waals surface area (Å²) in [4.78, 5) is 12.6. The lowest BCUT2D eigenvalue weighted by atomic mass is 10.2. The highest BCUT2D eigenvalue weighted by Gasteiger charge is 2.39. The molecule has 8 heteroatoms. The summed E-state index contributed by atoms with van der Waals surface area (Å²) in [6.07, 6.45) is 1.22. The number of hydrogen-bond donors (Lipinski definition) is 1. The predicted molar refractivity (Wildman–Crippen MR) is 101 cm³/mol. The molecule has 0 spiro atoms. The summed E-state index contributed by atoms with van der Waals surface area (Å²) in [7, 11) is -3.62. The van der Waals surface area contributed by atoms with Crippen LogP contribution < -0.4 is 10.1 Å². The van der Waals surface area contributed by atoms with Crippen LogP contribution in [0.1, 0.15) is 25.3 Å². The van der Waals surface area contributed by atoms with Crippen molar-refractivity contribution < 1.29 is 17.9 Å². The van der Waals surface area contributed by atoms with E-state index in [2.05, 4.69) is 5.32 Å². The Balaban J connectivity index is 1.66. The number of ether oxygens (including phenoxy) is 1. The zero-order valence-corrected chi connectivity index (χ0v) is 16.2. The van der Waals surface area contributed by atoms with E-state index in [0.717, 1.165) is 11.3 Å². The van der Waals surface area contributed by atoms with Gasteiger partial charge in [-0.05, 0) is 48.9 Å². The third-order valence-electron chi connectivity index (χ3n) is 4.24. The highest BCUT2D eigenvalue weighted by Crippen LogP contribution is 2.28. The van der Waals surface area contributed by atoms with Crippen molar-refractivity contribution in [2.45, 2.75) is 36.6 Å². The van der Waals surface area contributed by atoms with Crippen molar-refractivity contribution in [1.29, 1.82) is 0 Å². The van der Waals surface area contributed by atoms with Gasteiger partial charge in [0.15, 0.2) is 0 Å². The highest BCUT2D eigenvalue weighted by molar-refractivity contribution is 7.91. The van der Waals surface area contributed by atoms with Crippen molar-refractivity contribution in [2.24, 2.45) is 0 Å². The molecule has 1 aromatic carbocycles. The fraction of sp³-hybridized carbons (Fsp3) is 0.389. The van der Waals surface area contributed by atoms with Crippen molar-refractivity contribution in [1.82, 2.24) is 9.62 Å². The third kappa shape index (κ3) is 4.08. The third-order valence-corrected chi connectivity index (χ3v) is 7.52. The van der Waals surface area contributed by atoms with Crippen molar-refractivity contribution in [3.05, 3.63) is 47.3 Å². The van der Waals surface area contributed by atoms with E-state index in [4.69, 9.17) is 4.74 Å². The first kappa shape index (κ1) is 18.9. The van der Waals surface area contributed by atoms with Gasteiger partial charge in [-0.1, -0.05) is 18.2 Å². The van der Waals surface area contributed by atoms with Crippen LogP contribution in [0.15, 0.2) is 46.0 Å². The minimum Gasteiger partial charge on any atom is -0.494 e. The lowest BCUT2D eigenvalue weighted by molar-refractivity contribution is -0.124. The highest BCUT2D eigenvalue weighted by atomic mass is 32.2. The molecule has 1 atom stereocenters. The summed E-state index contributed by atoms with van der Waals surface area (Å²) < 4.78 is 32.5. The first-order valence-electron chi connectivity index (χ1n) is 8.57. The smallest absolute Gasteiger partial charge is 0.253 e. The average Bonchev–Trinajstić information content (AvgIpc) is 3.32. The number of rotatable bonds is 7. The Labute approximate surface area is 157 Å². The Morgan fingerprint density at radius 3 is 2.92 bits per heavy atom. The average molecular weight is 395 g/mol. The molecule has 0 radical (unpaired) electrons. The van der Waals surface area contributed by atoms with Gasteiger partial charge in [-0.3, -0.25) is 4.79 Å². The Morgan fingerprint density at radius 2 is 2.19 bits per heavy atom. The molecule has 0 aliphatic carbocycles. The van der Waals surface area contributed by atoms with Crippen molar-refractivity contribution in [3.8, 4) is 5.75 Å². The molecule has 1 N–H and O–H groups in total. The largest absolute Gasteiger partial charge is 0.494 e. The van der Waals surface area contributed by atoms with E-state index in [-0.39, 0.29) is 10.1 Å². The first-order chi connectivity index (χ1) is 12.5. The summed E-state index contributed by atoms with van der Waals surface area (Å²) in [6.45, 7) is 3.20. The lowest BCUT2D eigenvalue weighted by Gasteiger charge is -2.22. The monoisotopic (exact) mass is 394 g/mol. The molecule has 1 fully saturated rings. The van der Waals surface area contributed by atoms with Crippen LogP contribution in [-0.2, 0) is 21.4 Å². The van der Waals surface area contributed by atoms with Crippen molar-refractivity contribution in [2.75, 3.05) is 13.2 Å². The van der Waals surface area contributed by atoms with E-state index in [9.17, 15) is 13.2 Å². The van der Waals surface area contributed by atoms with E-state index in [1.807, 2.05) is 31.2 Å². The van der Waals surface area contributed by atoms with Gasteiger partial charge in [-0.2, -0.15) is 4.31 Å². The summed E-state index contributed by atoms with van der Waals surface area (Å²) >= 11 is 1.17. The molecule has 0 unspecified atom stereocenters. The normalized spacial score (nSPS) is 18.0. The van der Waals surface area contributed by atoms with Gasteiger partial charge >= 0.3 is 0 Å². The van der Waals surface area contributed by atoms with Gasteiger partial charge in [-0.15, -0.1) is 11.3 Å². The van der Waals surface area contributed by atoms with E-state index >= 15 is 0 Å². The summed E-state index contributed by atoms with van der Waals surface area (Å²) in [5.74, 6) is 0.492. The zero-order valence-electron chi connectivity index (χ0n) is 14.6. The number of hydrogen-bond acceptors (Lipinski definition) is 5. The second-order valence-corrected chi connectivity index (χ2v) is 9.07. The van der Waals surface area contributed by atoms with Crippen LogP contribution in [0.25, 0.3) is 0 Å². The molecule has 0 saturated carbocycles. The first-order valence-corrected chi connectivity index (χ1v) is 10.9. The van der Waals surface area contributed by atoms with Crippen LogP contribution in [0, 0.1) is 0 Å². The maximum absolute atomic E-state index is 12.7. The molecule has 1 aromatic heterocycles. The van der Waals surface area contributed by atoms with Crippen LogP contribution >= 0.6 is 11.3 Å². The van der Waals surface area contributed by atoms with Gasteiger partial charge in [0.2, 0.25) is 5.91 Å². The van der Waals surface area contributed by atoms with E-state index in [1.54, 1.807) is 17.5 Å². The van der Waals surface area contributed by atoms with Gasteiger partial charge in [-0.25, -0.2) is 8.42 Å². The Kier molecular flexibility index (Phi) is 5.95. The zero-order chi connectivity index (χ0) is 18.6. The fourth-order valence-corrected chi connectivity index (χ4v) is 5.81. The minimum absolute atomic E-state index is 0.260. The molecular formula is C18H22N2O4S2. The number of benzene rings is 1. The minimum atomic E-state index is -3.62. The van der Waals surface area contributed by atoms with Crippen molar-refractivity contribution in [3.63, 3.8) is 0 Å². The molecule has 3 rings (SSSR count). The molecule has 1 amide bonds. The molecule has 6 nitrogen and oxygen atoms in total. The Morgan fingerprint density at radius 1 is 1.35 bits per heavy atom. The number of carbonyl (C=O) groups is 1. The molecule has 1 aliphatic heterocycles. The molecule has 26 heavy (non-hydrogen) atoms. The standard InChI is InChI=1S/C18H22N2O4S2/c1-2-24-15-7-3-6-14(12-15)13-19-18(21)16-8-4-10-20(16)26(22,23)17-9-5-11-25-17/h3,5-7,9,11-12,16H,2,4,8,10,13H2,1H3,(H,19,21)/t16-/m0/s1. The second-order valence-electron chi connectivity index (χ2n) is 6.00. The Bertz CT molecular complexity index is 850. The van der Waals surface area contributed by atoms with Crippen LogP contribution in [0.5, 0.6) is 5.75 Å². The van der Waals surface area contributed by atoms with Gasteiger partial charge in [0, 0.05) is 13.1 Å². The number of amides is 1. The summed E-state index contributed by atoms with van der Waals surface area (Å²) in [6, 6.07) is 10.1. The van der Waals surface area contributed by atoms with Gasteiger partial charge < -0.3 is 10.1 Å². The number of carbonyl (C=O) groups excluding carboxylic acids is 1. The summed E-state index contributed by atoms with van der Waals surface area (Å²) in [5, 5.41) is 4.59. The number of nitrogens with zero attached hydrogens (tertiary/aromatic N) is 1.